The van der Waals surface area contributed by atoms with Gasteiger partial charge in [-0.25, -0.2) is 4.39 Å². The summed E-state index contributed by atoms with van der Waals surface area (Å²) in [6.07, 6.45) is 1.86. The van der Waals surface area contributed by atoms with Crippen LogP contribution in [-0.4, -0.2) is 75.4 Å². The summed E-state index contributed by atoms with van der Waals surface area (Å²) in [5.74, 6) is -2.20. The zero-order valence-electron chi connectivity index (χ0n) is 19.7. The van der Waals surface area contributed by atoms with Gasteiger partial charge in [0.25, 0.3) is 11.5 Å². The average Bonchev–Trinajstić information content (AvgIpc) is 2.88. The number of nitrogens with zero attached hydrogens (tertiary/aromatic N) is 3. The van der Waals surface area contributed by atoms with Crippen molar-refractivity contribution in [2.24, 2.45) is 0 Å². The Bertz CT molecular complexity index is 1340. The average molecular weight is 499 g/mol. The van der Waals surface area contributed by atoms with E-state index in [1.807, 2.05) is 0 Å². The third-order valence-electron chi connectivity index (χ3n) is 5.99. The van der Waals surface area contributed by atoms with E-state index >= 15 is 0 Å². The summed E-state index contributed by atoms with van der Waals surface area (Å²) in [5, 5.41) is 22.6. The molecule has 3 aromatic rings. The van der Waals surface area contributed by atoms with Crippen molar-refractivity contribution in [2.45, 2.75) is 25.9 Å². The second kappa shape index (κ2) is 10.8. The Morgan fingerprint density at radius 3 is 2.56 bits per heavy atom. The molecule has 1 aromatic carbocycles. The van der Waals surface area contributed by atoms with E-state index in [1.54, 1.807) is 23.1 Å². The maximum atomic E-state index is 13.5. The number of morpholine rings is 1. The Labute approximate surface area is 205 Å². The molecule has 1 aliphatic heterocycles. The van der Waals surface area contributed by atoms with Gasteiger partial charge in [0.1, 0.15) is 23.4 Å². The van der Waals surface area contributed by atoms with Crippen LogP contribution in [0.1, 0.15) is 28.4 Å². The maximum absolute atomic E-state index is 13.5. The van der Waals surface area contributed by atoms with Crippen LogP contribution >= 0.6 is 0 Å². The van der Waals surface area contributed by atoms with Gasteiger partial charge in [-0.1, -0.05) is 12.1 Å². The Morgan fingerprint density at radius 2 is 1.89 bits per heavy atom. The molecule has 1 aliphatic rings. The number of nitrogens with one attached hydrogen (secondary N) is 1. The fourth-order valence-corrected chi connectivity index (χ4v) is 4.03. The molecule has 11 heteroatoms. The van der Waals surface area contributed by atoms with Crippen LogP contribution in [0, 0.1) is 5.82 Å². The zero-order valence-corrected chi connectivity index (χ0v) is 19.7. The van der Waals surface area contributed by atoms with Crippen LogP contribution in [0.5, 0.6) is 5.75 Å². The molecule has 4 rings (SSSR count). The molecular weight excluding hydrogens is 471 g/mol. The number of pyridine rings is 2. The third kappa shape index (κ3) is 5.37. The Balaban J connectivity index is 1.80. The highest BCUT2D eigenvalue weighted by atomic mass is 19.1. The van der Waals surface area contributed by atoms with Gasteiger partial charge in [-0.15, -0.1) is 0 Å². The van der Waals surface area contributed by atoms with Gasteiger partial charge in [0.05, 0.1) is 25.3 Å². The SMILES string of the molecule is CC(CO)NC(=O)c1c(O)c2ncc(Cc3ccc(F)cc3)cc2n(CC(=O)N2CCOCC2)c1=O. The molecule has 2 amide bonds. The van der Waals surface area contributed by atoms with Crippen molar-refractivity contribution >= 4 is 22.8 Å². The van der Waals surface area contributed by atoms with Gasteiger partial charge in [0, 0.05) is 25.3 Å². The van der Waals surface area contributed by atoms with Crippen LogP contribution in [0.25, 0.3) is 11.0 Å². The number of aromatic nitrogens is 2. The number of halogens is 1. The van der Waals surface area contributed by atoms with E-state index in [9.17, 15) is 29.0 Å². The monoisotopic (exact) mass is 498 g/mol. The Kier molecular flexibility index (Phi) is 7.61. The normalized spacial score (nSPS) is 14.6. The molecule has 1 atom stereocenters. The molecule has 3 N–H and O–H groups in total. The van der Waals surface area contributed by atoms with E-state index in [0.717, 1.165) is 10.1 Å². The van der Waals surface area contributed by atoms with Crippen molar-refractivity contribution in [3.63, 3.8) is 0 Å². The number of rotatable bonds is 7. The van der Waals surface area contributed by atoms with Crippen molar-refractivity contribution in [3.05, 3.63) is 69.4 Å². The van der Waals surface area contributed by atoms with E-state index in [2.05, 4.69) is 10.3 Å². The predicted molar refractivity (Wildman–Crippen MR) is 128 cm³/mol. The summed E-state index contributed by atoms with van der Waals surface area (Å²) in [4.78, 5) is 45.2. The number of carbonyl (C=O) groups excluding carboxylic acids is 2. The molecule has 2 aromatic heterocycles. The quantitative estimate of drug-likeness (QED) is 0.439. The molecule has 3 heterocycles. The number of aliphatic hydroxyl groups is 1. The fourth-order valence-electron chi connectivity index (χ4n) is 4.03. The molecular formula is C25H27FN4O6. The molecule has 1 unspecified atom stereocenters. The van der Waals surface area contributed by atoms with E-state index in [0.29, 0.717) is 38.3 Å². The van der Waals surface area contributed by atoms with Crippen molar-refractivity contribution in [2.75, 3.05) is 32.9 Å². The lowest BCUT2D eigenvalue weighted by molar-refractivity contribution is -0.135. The molecule has 1 saturated heterocycles. The number of ether oxygens (including phenoxy) is 1. The summed E-state index contributed by atoms with van der Waals surface area (Å²) in [5.41, 5.74) is 0.210. The van der Waals surface area contributed by atoms with E-state index < -0.39 is 28.8 Å². The highest BCUT2D eigenvalue weighted by Crippen LogP contribution is 2.26. The number of aromatic hydroxyl groups is 1. The molecule has 0 aliphatic carbocycles. The van der Waals surface area contributed by atoms with Gasteiger partial charge < -0.3 is 25.2 Å². The summed E-state index contributed by atoms with van der Waals surface area (Å²) in [7, 11) is 0. The minimum Gasteiger partial charge on any atom is -0.505 e. The molecule has 1 fully saturated rings. The first kappa shape index (κ1) is 25.3. The number of hydrogen-bond acceptors (Lipinski definition) is 7. The molecule has 0 spiro atoms. The van der Waals surface area contributed by atoms with Crippen LogP contribution in [0.15, 0.2) is 41.3 Å². The van der Waals surface area contributed by atoms with E-state index in [4.69, 9.17) is 4.74 Å². The number of carbonyl (C=O) groups is 2. The first-order valence-corrected chi connectivity index (χ1v) is 11.5. The Hall–Kier alpha value is -3.83. The van der Waals surface area contributed by atoms with Crippen molar-refractivity contribution in [1.82, 2.24) is 19.8 Å². The van der Waals surface area contributed by atoms with Gasteiger partial charge in [0.15, 0.2) is 5.75 Å². The Morgan fingerprint density at radius 1 is 1.19 bits per heavy atom. The minimum atomic E-state index is -0.884. The second-order valence-electron chi connectivity index (χ2n) is 8.68. The second-order valence-corrected chi connectivity index (χ2v) is 8.68. The topological polar surface area (TPSA) is 134 Å². The number of benzene rings is 1. The first-order valence-electron chi connectivity index (χ1n) is 11.5. The predicted octanol–water partition coefficient (Wildman–Crippen LogP) is 0.801. The van der Waals surface area contributed by atoms with Gasteiger partial charge in [-0.3, -0.25) is 23.9 Å². The molecule has 0 saturated carbocycles. The van der Waals surface area contributed by atoms with Crippen LogP contribution in [0.4, 0.5) is 4.39 Å². The van der Waals surface area contributed by atoms with Gasteiger partial charge >= 0.3 is 0 Å². The van der Waals surface area contributed by atoms with Crippen LogP contribution in [0.2, 0.25) is 0 Å². The fraction of sp³-hybridized carbons (Fsp3) is 0.360. The number of fused-ring (bicyclic) bond motifs is 1. The number of aliphatic hydroxyl groups excluding tert-OH is 1. The van der Waals surface area contributed by atoms with Crippen LogP contribution in [-0.2, 0) is 22.5 Å². The number of hydrogen-bond donors (Lipinski definition) is 3. The summed E-state index contributed by atoms with van der Waals surface area (Å²) >= 11 is 0. The zero-order chi connectivity index (χ0) is 25.8. The van der Waals surface area contributed by atoms with E-state index in [-0.39, 0.29) is 35.9 Å². The van der Waals surface area contributed by atoms with Crippen molar-refractivity contribution < 1.29 is 28.9 Å². The molecule has 0 bridgehead atoms. The largest absolute Gasteiger partial charge is 0.505 e. The van der Waals surface area contributed by atoms with Gasteiger partial charge in [-0.05, 0) is 42.7 Å². The van der Waals surface area contributed by atoms with Gasteiger partial charge in [0.2, 0.25) is 5.91 Å². The van der Waals surface area contributed by atoms with E-state index in [1.165, 1.54) is 25.3 Å². The van der Waals surface area contributed by atoms with Crippen LogP contribution < -0.4 is 10.9 Å². The molecule has 36 heavy (non-hydrogen) atoms. The third-order valence-corrected chi connectivity index (χ3v) is 5.99. The van der Waals surface area contributed by atoms with Crippen molar-refractivity contribution in [3.8, 4) is 5.75 Å². The minimum absolute atomic E-state index is 0.0194. The maximum Gasteiger partial charge on any atom is 0.268 e. The molecule has 10 nitrogen and oxygen atoms in total. The lowest BCUT2D eigenvalue weighted by atomic mass is 10.1. The first-order chi connectivity index (χ1) is 17.3. The molecule has 0 radical (unpaired) electrons. The standard InChI is InChI=1S/C25H27FN4O6/c1-15(14-31)28-24(34)21-23(33)22-19(11-17(12-27-22)10-16-2-4-18(26)5-3-16)30(25(21)35)13-20(32)29-6-8-36-9-7-29/h2-5,11-12,15,31,33H,6-10,13-14H2,1H3,(H,28,34). The summed E-state index contributed by atoms with van der Waals surface area (Å²) < 4.78 is 19.7. The summed E-state index contributed by atoms with van der Waals surface area (Å²) in [6, 6.07) is 6.89. The van der Waals surface area contributed by atoms with Crippen molar-refractivity contribution in [1.29, 1.82) is 0 Å². The highest BCUT2D eigenvalue weighted by Gasteiger charge is 2.26. The highest BCUT2D eigenvalue weighted by molar-refractivity contribution is 6.01. The lowest BCUT2D eigenvalue weighted by Gasteiger charge is -2.27. The molecule has 190 valence electrons. The smallest absolute Gasteiger partial charge is 0.268 e. The number of amides is 2. The summed E-state index contributed by atoms with van der Waals surface area (Å²) in [6.45, 7) is 2.32. The lowest BCUT2D eigenvalue weighted by Crippen LogP contribution is -2.44. The van der Waals surface area contributed by atoms with Gasteiger partial charge in [-0.2, -0.15) is 0 Å². The van der Waals surface area contributed by atoms with Crippen LogP contribution in [0.3, 0.4) is 0 Å².